The van der Waals surface area contributed by atoms with Crippen LogP contribution in [0.5, 0.6) is 5.88 Å². The summed E-state index contributed by atoms with van der Waals surface area (Å²) in [5.74, 6) is -0.528. The van der Waals surface area contributed by atoms with Crippen LogP contribution in [0.2, 0.25) is 0 Å². The molecule has 2 rings (SSSR count). The van der Waals surface area contributed by atoms with E-state index in [0.717, 1.165) is 0 Å². The number of benzene rings is 1. The van der Waals surface area contributed by atoms with Gasteiger partial charge in [0.15, 0.2) is 0 Å². The number of hydrogen-bond donors (Lipinski definition) is 5. The molecule has 10 nitrogen and oxygen atoms in total. The summed E-state index contributed by atoms with van der Waals surface area (Å²) in [7, 11) is -3.72. The minimum Gasteiger partial charge on any atom is -0.494 e. The lowest BCUT2D eigenvalue weighted by Gasteiger charge is -2.08. The Labute approximate surface area is 148 Å². The van der Waals surface area contributed by atoms with E-state index < -0.39 is 27.2 Å². The summed E-state index contributed by atoms with van der Waals surface area (Å²) in [6.45, 7) is 0.186. The molecule has 11 heteroatoms. The Bertz CT molecular complexity index is 948. The maximum Gasteiger partial charge on any atom is 0.328 e. The maximum absolute atomic E-state index is 12.1. The van der Waals surface area contributed by atoms with Gasteiger partial charge >= 0.3 is 5.69 Å². The van der Waals surface area contributed by atoms with E-state index in [1.165, 1.54) is 24.3 Å². The molecule has 142 valence electrons. The highest BCUT2D eigenvalue weighted by Crippen LogP contribution is 2.15. The molecule has 2 aromatic rings. The molecule has 1 aromatic carbocycles. The maximum atomic E-state index is 12.1. The predicted molar refractivity (Wildman–Crippen MR) is 91.7 cm³/mol. The van der Waals surface area contributed by atoms with Crippen molar-refractivity contribution in [2.24, 2.45) is 0 Å². The summed E-state index contributed by atoms with van der Waals surface area (Å²) in [6, 6.07) is 5.73. The Morgan fingerprint density at radius 1 is 1.08 bits per heavy atom. The van der Waals surface area contributed by atoms with E-state index >= 15 is 0 Å². The molecule has 1 aromatic heterocycles. The molecule has 0 radical (unpaired) electrons. The van der Waals surface area contributed by atoms with Crippen molar-refractivity contribution < 1.29 is 23.4 Å². The van der Waals surface area contributed by atoms with Gasteiger partial charge < -0.3 is 14.9 Å². The second-order valence-corrected chi connectivity index (χ2v) is 7.06. The molecule has 26 heavy (non-hydrogen) atoms. The third-order valence-electron chi connectivity index (χ3n) is 3.41. The fourth-order valence-electron chi connectivity index (χ4n) is 2.15. The van der Waals surface area contributed by atoms with Crippen molar-refractivity contribution in [2.45, 2.75) is 11.3 Å². The fourth-order valence-corrected chi connectivity index (χ4v) is 3.17. The zero-order chi connectivity index (χ0) is 19.2. The number of aliphatic hydroxyl groups excluding tert-OH is 1. The summed E-state index contributed by atoms with van der Waals surface area (Å²) in [5, 5.41) is 18.2. The smallest absolute Gasteiger partial charge is 0.328 e. The number of rotatable bonds is 9. The van der Waals surface area contributed by atoms with Crippen LogP contribution in [0.3, 0.4) is 0 Å². The average molecular weight is 385 g/mol. The Balaban J connectivity index is 2.06. The Morgan fingerprint density at radius 2 is 1.77 bits per heavy atom. The van der Waals surface area contributed by atoms with Gasteiger partial charge in [-0.1, -0.05) is 12.1 Å². The van der Waals surface area contributed by atoms with E-state index in [1.54, 1.807) is 0 Å². The first-order valence-electron chi connectivity index (χ1n) is 7.65. The van der Waals surface area contributed by atoms with Gasteiger partial charge in [-0.05, 0) is 17.7 Å². The lowest BCUT2D eigenvalue weighted by molar-refractivity contribution is 0.0961. The molecular weight excluding hydrogens is 366 g/mol. The molecule has 0 aliphatic carbocycles. The van der Waals surface area contributed by atoms with Crippen LogP contribution in [-0.2, 0) is 21.2 Å². The molecule has 0 saturated carbocycles. The van der Waals surface area contributed by atoms with E-state index in [9.17, 15) is 23.1 Å². The first-order chi connectivity index (χ1) is 12.3. The van der Waals surface area contributed by atoms with Crippen molar-refractivity contribution in [3.63, 3.8) is 0 Å². The SMILES string of the molecule is O=c1[nH]c(O)c(Cc2ccc(S(=O)(=O)NCCOCCO)cc2)c(=O)[nH]1. The third kappa shape index (κ3) is 5.26. The highest BCUT2D eigenvalue weighted by atomic mass is 32.2. The zero-order valence-electron chi connectivity index (χ0n) is 13.7. The van der Waals surface area contributed by atoms with Gasteiger partial charge in [0, 0.05) is 13.0 Å². The van der Waals surface area contributed by atoms with E-state index in [4.69, 9.17) is 9.84 Å². The molecule has 0 atom stereocenters. The van der Waals surface area contributed by atoms with Gasteiger partial charge in [-0.3, -0.25) is 14.8 Å². The summed E-state index contributed by atoms with van der Waals surface area (Å²) in [6.07, 6.45) is 0.0146. The van der Waals surface area contributed by atoms with Gasteiger partial charge in [0.05, 0.1) is 30.3 Å². The number of sulfonamides is 1. The van der Waals surface area contributed by atoms with Gasteiger partial charge in [-0.15, -0.1) is 0 Å². The quantitative estimate of drug-likeness (QED) is 0.333. The standard InChI is InChI=1S/C15H19N3O7S/c19-6-8-25-7-5-16-26(23,24)11-3-1-10(2-4-11)9-12-13(20)17-15(22)18-14(12)21/h1-4,16,19H,5-9H2,(H3,17,18,20,21,22). The number of aliphatic hydroxyl groups is 1. The predicted octanol–water partition coefficient (Wildman–Crippen LogP) is -1.35. The topological polar surface area (TPSA) is 162 Å². The van der Waals surface area contributed by atoms with Crippen LogP contribution in [0.25, 0.3) is 0 Å². The molecule has 0 aliphatic rings. The largest absolute Gasteiger partial charge is 0.494 e. The Morgan fingerprint density at radius 3 is 2.38 bits per heavy atom. The number of ether oxygens (including phenoxy) is 1. The van der Waals surface area contributed by atoms with E-state index in [1.807, 2.05) is 4.98 Å². The van der Waals surface area contributed by atoms with Crippen LogP contribution in [0.15, 0.2) is 38.8 Å². The number of aromatic nitrogens is 2. The van der Waals surface area contributed by atoms with E-state index in [2.05, 4.69) is 9.71 Å². The number of H-pyrrole nitrogens is 2. The van der Waals surface area contributed by atoms with Crippen LogP contribution in [0.4, 0.5) is 0 Å². The van der Waals surface area contributed by atoms with Crippen LogP contribution in [0.1, 0.15) is 11.1 Å². The van der Waals surface area contributed by atoms with Crippen molar-refractivity contribution in [1.82, 2.24) is 14.7 Å². The highest BCUT2D eigenvalue weighted by molar-refractivity contribution is 7.89. The zero-order valence-corrected chi connectivity index (χ0v) is 14.5. The molecule has 0 saturated heterocycles. The van der Waals surface area contributed by atoms with Crippen molar-refractivity contribution in [3.8, 4) is 5.88 Å². The van der Waals surface area contributed by atoms with Crippen LogP contribution in [0, 0.1) is 0 Å². The summed E-state index contributed by atoms with van der Waals surface area (Å²) in [4.78, 5) is 26.9. The highest BCUT2D eigenvalue weighted by Gasteiger charge is 2.14. The number of hydrogen-bond acceptors (Lipinski definition) is 7. The van der Waals surface area contributed by atoms with Gasteiger partial charge in [0.1, 0.15) is 0 Å². The number of nitrogens with one attached hydrogen (secondary N) is 3. The molecule has 0 amide bonds. The average Bonchev–Trinajstić information content (AvgIpc) is 2.58. The molecule has 1 heterocycles. The van der Waals surface area contributed by atoms with Gasteiger partial charge in [-0.25, -0.2) is 17.9 Å². The molecule has 0 unspecified atom stereocenters. The Hall–Kier alpha value is -2.47. The first-order valence-corrected chi connectivity index (χ1v) is 9.13. The van der Waals surface area contributed by atoms with Crippen molar-refractivity contribution >= 4 is 10.0 Å². The van der Waals surface area contributed by atoms with Gasteiger partial charge in [0.2, 0.25) is 15.9 Å². The molecule has 5 N–H and O–H groups in total. The molecule has 0 fully saturated rings. The summed E-state index contributed by atoms with van der Waals surface area (Å²) >= 11 is 0. The molecule has 0 bridgehead atoms. The minimum absolute atomic E-state index is 0.0146. The summed E-state index contributed by atoms with van der Waals surface area (Å²) in [5.41, 5.74) is -0.985. The fraction of sp³-hybridized carbons (Fsp3) is 0.333. The number of aromatic amines is 2. The summed E-state index contributed by atoms with van der Waals surface area (Å²) < 4.78 is 31.6. The van der Waals surface area contributed by atoms with Gasteiger partial charge in [-0.2, -0.15) is 0 Å². The lowest BCUT2D eigenvalue weighted by Crippen LogP contribution is -2.27. The second-order valence-electron chi connectivity index (χ2n) is 5.29. The van der Waals surface area contributed by atoms with Crippen molar-refractivity contribution in [2.75, 3.05) is 26.4 Å². The molecule has 0 aliphatic heterocycles. The minimum atomic E-state index is -3.72. The lowest BCUT2D eigenvalue weighted by atomic mass is 10.1. The van der Waals surface area contributed by atoms with E-state index in [0.29, 0.717) is 5.56 Å². The van der Waals surface area contributed by atoms with Crippen LogP contribution < -0.4 is 16.0 Å². The normalized spacial score (nSPS) is 11.6. The first kappa shape index (κ1) is 19.8. The third-order valence-corrected chi connectivity index (χ3v) is 4.88. The monoisotopic (exact) mass is 385 g/mol. The van der Waals surface area contributed by atoms with Crippen molar-refractivity contribution in [1.29, 1.82) is 0 Å². The van der Waals surface area contributed by atoms with E-state index in [-0.39, 0.29) is 43.2 Å². The molecular formula is C15H19N3O7S. The van der Waals surface area contributed by atoms with Crippen LogP contribution in [-0.4, -0.2) is 55.0 Å². The second kappa shape index (κ2) is 8.76. The van der Waals surface area contributed by atoms with Gasteiger partial charge in [0.25, 0.3) is 5.56 Å². The number of aromatic hydroxyl groups is 1. The van der Waals surface area contributed by atoms with Crippen LogP contribution >= 0.6 is 0 Å². The Kier molecular flexibility index (Phi) is 6.69. The van der Waals surface area contributed by atoms with Crippen molar-refractivity contribution in [3.05, 3.63) is 56.2 Å². The molecule has 0 spiro atoms.